The molecule has 0 unspecified atom stereocenters. The fourth-order valence-electron chi connectivity index (χ4n) is 5.55. The Hall–Kier alpha value is -2.32. The standard InChI is InChI=1S/C27H36N2O4Si/c1-19-24(33-25(16-17-30)27(19)34(2,3)32)14-12-20-8-7-11-22(18-20)29-26(31)15-13-23(28-29)21-9-5-4-6-10-21/h4-11,18-19,24-25,27,30,32H,12-17H2,1-3H3/t19-,24+,25-,27+/m0/s1. The van der Waals surface area contributed by atoms with E-state index in [-0.39, 0.29) is 36.2 Å². The Morgan fingerprint density at radius 2 is 1.82 bits per heavy atom. The number of carbonyl (C=O) groups excluding carboxylic acids is 1. The summed E-state index contributed by atoms with van der Waals surface area (Å²) in [4.78, 5) is 23.5. The van der Waals surface area contributed by atoms with E-state index in [0.29, 0.717) is 19.3 Å². The number of amides is 1. The maximum atomic E-state index is 12.7. The summed E-state index contributed by atoms with van der Waals surface area (Å²) < 4.78 is 6.33. The van der Waals surface area contributed by atoms with E-state index >= 15 is 0 Å². The van der Waals surface area contributed by atoms with Gasteiger partial charge in [0.25, 0.3) is 0 Å². The van der Waals surface area contributed by atoms with Gasteiger partial charge in [-0.3, -0.25) is 4.79 Å². The predicted octanol–water partition coefficient (Wildman–Crippen LogP) is 4.50. The molecule has 1 fully saturated rings. The monoisotopic (exact) mass is 480 g/mol. The predicted molar refractivity (Wildman–Crippen MR) is 137 cm³/mol. The average molecular weight is 481 g/mol. The average Bonchev–Trinajstić information content (AvgIpc) is 3.14. The van der Waals surface area contributed by atoms with Crippen LogP contribution in [0.2, 0.25) is 18.6 Å². The van der Waals surface area contributed by atoms with Gasteiger partial charge in [0, 0.05) is 25.0 Å². The highest BCUT2D eigenvalue weighted by Gasteiger charge is 2.49. The number of hydrazone groups is 1. The maximum Gasteiger partial charge on any atom is 0.247 e. The summed E-state index contributed by atoms with van der Waals surface area (Å²) in [6.45, 7) is 6.17. The highest BCUT2D eigenvalue weighted by Crippen LogP contribution is 2.45. The molecule has 4 rings (SSSR count). The van der Waals surface area contributed by atoms with Gasteiger partial charge >= 0.3 is 0 Å². The molecule has 2 N–H and O–H groups in total. The molecule has 2 aliphatic heterocycles. The summed E-state index contributed by atoms with van der Waals surface area (Å²) in [7, 11) is -2.41. The minimum atomic E-state index is -2.41. The third kappa shape index (κ3) is 5.49. The first-order valence-corrected chi connectivity index (χ1v) is 15.3. The van der Waals surface area contributed by atoms with E-state index in [4.69, 9.17) is 9.84 Å². The smallest absolute Gasteiger partial charge is 0.247 e. The van der Waals surface area contributed by atoms with Gasteiger partial charge < -0.3 is 14.6 Å². The molecule has 2 aromatic rings. The first-order valence-electron chi connectivity index (χ1n) is 12.3. The van der Waals surface area contributed by atoms with Gasteiger partial charge in [-0.15, -0.1) is 0 Å². The number of hydrogen-bond donors (Lipinski definition) is 2. The Morgan fingerprint density at radius 1 is 1.06 bits per heavy atom. The van der Waals surface area contributed by atoms with E-state index in [9.17, 15) is 14.7 Å². The van der Waals surface area contributed by atoms with Crippen LogP contribution in [-0.2, 0) is 16.0 Å². The molecule has 0 aliphatic carbocycles. The lowest BCUT2D eigenvalue weighted by Crippen LogP contribution is -2.40. The van der Waals surface area contributed by atoms with Crippen LogP contribution in [-0.4, -0.2) is 48.7 Å². The largest absolute Gasteiger partial charge is 0.432 e. The van der Waals surface area contributed by atoms with Crippen molar-refractivity contribution < 1.29 is 19.4 Å². The highest BCUT2D eigenvalue weighted by molar-refractivity contribution is 6.71. The number of carbonyl (C=O) groups is 1. The van der Waals surface area contributed by atoms with E-state index in [1.807, 2.05) is 61.6 Å². The van der Waals surface area contributed by atoms with Crippen molar-refractivity contribution in [3.63, 3.8) is 0 Å². The van der Waals surface area contributed by atoms with E-state index in [2.05, 4.69) is 13.0 Å². The summed E-state index contributed by atoms with van der Waals surface area (Å²) in [6, 6.07) is 18.0. The molecule has 34 heavy (non-hydrogen) atoms. The van der Waals surface area contributed by atoms with Crippen molar-refractivity contribution in [2.45, 2.75) is 69.9 Å². The second kappa shape index (κ2) is 10.5. The third-order valence-corrected chi connectivity index (χ3v) is 9.67. The van der Waals surface area contributed by atoms with Crippen LogP contribution in [0.5, 0.6) is 0 Å². The number of ether oxygens (including phenoxy) is 1. The quantitative estimate of drug-likeness (QED) is 0.545. The van der Waals surface area contributed by atoms with Gasteiger partial charge in [0.2, 0.25) is 5.91 Å². The van der Waals surface area contributed by atoms with Crippen molar-refractivity contribution in [1.29, 1.82) is 0 Å². The molecule has 7 heteroatoms. The summed E-state index contributed by atoms with van der Waals surface area (Å²) in [5.74, 6) is 0.252. The number of nitrogens with zero attached hydrogens (tertiary/aromatic N) is 2. The lowest BCUT2D eigenvalue weighted by molar-refractivity contribution is -0.118. The minimum absolute atomic E-state index is 0.00871. The number of anilines is 1. The zero-order valence-electron chi connectivity index (χ0n) is 20.4. The van der Waals surface area contributed by atoms with Crippen molar-refractivity contribution in [2.75, 3.05) is 11.6 Å². The summed E-state index contributed by atoms with van der Waals surface area (Å²) in [5, 5.41) is 15.7. The molecule has 1 amide bonds. The van der Waals surface area contributed by atoms with Gasteiger partial charge in [0.15, 0.2) is 8.32 Å². The van der Waals surface area contributed by atoms with Crippen molar-refractivity contribution in [1.82, 2.24) is 0 Å². The van der Waals surface area contributed by atoms with Crippen LogP contribution in [0, 0.1) is 5.92 Å². The molecule has 1 saturated heterocycles. The fourth-order valence-corrected chi connectivity index (χ4v) is 8.21. The van der Waals surface area contributed by atoms with Crippen LogP contribution in [0.3, 0.4) is 0 Å². The summed E-state index contributed by atoms with van der Waals surface area (Å²) in [6.07, 6.45) is 3.27. The first kappa shape index (κ1) is 24.8. The highest BCUT2D eigenvalue weighted by atomic mass is 28.4. The first-order chi connectivity index (χ1) is 16.3. The van der Waals surface area contributed by atoms with Gasteiger partial charge in [-0.2, -0.15) is 5.10 Å². The molecule has 2 aliphatic rings. The number of aryl methyl sites for hydroxylation is 1. The molecule has 0 radical (unpaired) electrons. The molecule has 0 spiro atoms. The number of aliphatic hydroxyl groups is 1. The van der Waals surface area contributed by atoms with Crippen LogP contribution in [0.25, 0.3) is 0 Å². The van der Waals surface area contributed by atoms with Crippen LogP contribution >= 0.6 is 0 Å². The zero-order chi connectivity index (χ0) is 24.3. The molecule has 0 aromatic heterocycles. The molecule has 0 saturated carbocycles. The van der Waals surface area contributed by atoms with Crippen molar-refractivity contribution in [3.8, 4) is 0 Å². The van der Waals surface area contributed by atoms with Gasteiger partial charge in [-0.05, 0) is 61.5 Å². The Labute approximate surface area is 203 Å². The molecule has 6 nitrogen and oxygen atoms in total. The molecule has 0 bridgehead atoms. The van der Waals surface area contributed by atoms with E-state index in [0.717, 1.165) is 35.4 Å². The maximum absolute atomic E-state index is 12.7. The molecular formula is C27H36N2O4Si. The Kier molecular flexibility index (Phi) is 7.67. The number of aliphatic hydroxyl groups excluding tert-OH is 1. The second-order valence-electron chi connectivity index (χ2n) is 10.1. The minimum Gasteiger partial charge on any atom is -0.432 e. The fraction of sp³-hybridized carbons (Fsp3) is 0.481. The number of benzene rings is 2. The molecule has 2 heterocycles. The van der Waals surface area contributed by atoms with Gasteiger partial charge in [0.1, 0.15) is 0 Å². The van der Waals surface area contributed by atoms with Crippen LogP contribution in [0.4, 0.5) is 5.69 Å². The van der Waals surface area contributed by atoms with Crippen LogP contribution in [0.15, 0.2) is 59.7 Å². The topological polar surface area (TPSA) is 82.4 Å². The normalized spacial score (nSPS) is 25.5. The van der Waals surface area contributed by atoms with Gasteiger partial charge in [-0.1, -0.05) is 49.4 Å². The summed E-state index contributed by atoms with van der Waals surface area (Å²) in [5.41, 5.74) is 4.01. The molecular weight excluding hydrogens is 444 g/mol. The summed E-state index contributed by atoms with van der Waals surface area (Å²) >= 11 is 0. The van der Waals surface area contributed by atoms with Crippen molar-refractivity contribution in [2.24, 2.45) is 11.0 Å². The Bertz CT molecular complexity index is 1020. The van der Waals surface area contributed by atoms with Gasteiger partial charge in [0.05, 0.1) is 23.6 Å². The van der Waals surface area contributed by atoms with E-state index < -0.39 is 8.32 Å². The van der Waals surface area contributed by atoms with Crippen molar-refractivity contribution >= 4 is 25.6 Å². The Morgan fingerprint density at radius 3 is 2.53 bits per heavy atom. The molecule has 2 aromatic carbocycles. The number of hydrogen-bond acceptors (Lipinski definition) is 5. The number of rotatable bonds is 8. The van der Waals surface area contributed by atoms with Crippen LogP contribution in [0.1, 0.15) is 43.7 Å². The second-order valence-corrected chi connectivity index (χ2v) is 14.1. The van der Waals surface area contributed by atoms with E-state index in [1.165, 1.54) is 5.01 Å². The SMILES string of the molecule is C[C@@H]1[C@@H]([Si](C)(C)O)[C@H](CCO)O[C@@H]1CCc1cccc(N2N=C(c3ccccc3)CCC2=O)c1. The van der Waals surface area contributed by atoms with Gasteiger partial charge in [-0.25, -0.2) is 5.01 Å². The van der Waals surface area contributed by atoms with Crippen molar-refractivity contribution in [3.05, 3.63) is 65.7 Å². The molecule has 4 atom stereocenters. The lowest BCUT2D eigenvalue weighted by Gasteiger charge is -2.30. The third-order valence-electron chi connectivity index (χ3n) is 7.14. The van der Waals surface area contributed by atoms with Crippen LogP contribution < -0.4 is 5.01 Å². The molecule has 182 valence electrons. The van der Waals surface area contributed by atoms with E-state index in [1.54, 1.807) is 0 Å². The Balaban J connectivity index is 1.47. The lowest BCUT2D eigenvalue weighted by atomic mass is 9.95. The zero-order valence-corrected chi connectivity index (χ0v) is 21.4.